The molecule has 1 aromatic carbocycles. The van der Waals surface area contributed by atoms with Crippen LogP contribution in [0.4, 0.5) is 4.39 Å². The monoisotopic (exact) mass is 357 g/mol. The Hall–Kier alpha value is -1.98. The minimum absolute atomic E-state index is 0.121. The van der Waals surface area contributed by atoms with Crippen molar-refractivity contribution in [1.29, 1.82) is 0 Å². The van der Waals surface area contributed by atoms with E-state index in [9.17, 15) is 12.8 Å². The molecule has 1 spiro atoms. The maximum absolute atomic E-state index is 13.5. The van der Waals surface area contributed by atoms with Gasteiger partial charge in [0.25, 0.3) is 0 Å². The zero-order valence-electron chi connectivity index (χ0n) is 13.8. The second-order valence-corrected chi connectivity index (χ2v) is 8.78. The van der Waals surface area contributed by atoms with Crippen LogP contribution < -0.4 is 5.14 Å². The highest BCUT2D eigenvalue weighted by molar-refractivity contribution is 7.89. The molecule has 130 valence electrons. The van der Waals surface area contributed by atoms with E-state index < -0.39 is 10.0 Å². The van der Waals surface area contributed by atoms with Crippen LogP contribution in [0.1, 0.15) is 37.7 Å². The van der Waals surface area contributed by atoms with Gasteiger partial charge in [-0.05, 0) is 71.6 Å². The molecule has 0 aliphatic heterocycles. The van der Waals surface area contributed by atoms with E-state index in [-0.39, 0.29) is 10.7 Å². The van der Waals surface area contributed by atoms with Crippen LogP contribution in [0.3, 0.4) is 0 Å². The van der Waals surface area contributed by atoms with Crippen LogP contribution in [0.5, 0.6) is 0 Å². The molecule has 0 heterocycles. The molecule has 1 aromatic rings. The summed E-state index contributed by atoms with van der Waals surface area (Å²) < 4.78 is 36.5. The Morgan fingerprint density at radius 1 is 1.00 bits per heavy atom. The van der Waals surface area contributed by atoms with Gasteiger partial charge in [-0.1, -0.05) is 30.4 Å². The first-order valence-corrected chi connectivity index (χ1v) is 10.00. The van der Waals surface area contributed by atoms with Gasteiger partial charge in [0.15, 0.2) is 0 Å². The minimum Gasteiger partial charge on any atom is -0.225 e. The summed E-state index contributed by atoms with van der Waals surface area (Å²) in [4.78, 5) is 0.121. The van der Waals surface area contributed by atoms with Gasteiger partial charge in [0, 0.05) is 6.42 Å². The lowest BCUT2D eigenvalue weighted by atomic mass is 9.96. The molecular formula is C20H20FNO2S. The van der Waals surface area contributed by atoms with Gasteiger partial charge in [-0.3, -0.25) is 0 Å². The van der Waals surface area contributed by atoms with E-state index in [0.29, 0.717) is 11.8 Å². The van der Waals surface area contributed by atoms with E-state index in [1.54, 1.807) is 18.2 Å². The number of allylic oxidation sites excluding steroid dienone is 8. The summed E-state index contributed by atoms with van der Waals surface area (Å²) in [5.41, 5.74) is 4.93. The summed E-state index contributed by atoms with van der Waals surface area (Å²) in [5, 5.41) is 5.19. The normalized spacial score (nSPS) is 22.0. The zero-order chi connectivity index (χ0) is 17.7. The Morgan fingerprint density at radius 3 is 2.32 bits per heavy atom. The predicted octanol–water partition coefficient (Wildman–Crippen LogP) is 4.40. The number of nitrogens with two attached hydrogens (primary N) is 1. The van der Waals surface area contributed by atoms with Crippen LogP contribution in [-0.2, 0) is 10.0 Å². The van der Waals surface area contributed by atoms with Gasteiger partial charge in [0.1, 0.15) is 5.83 Å². The van der Waals surface area contributed by atoms with Crippen molar-refractivity contribution in [2.75, 3.05) is 0 Å². The van der Waals surface area contributed by atoms with Crippen molar-refractivity contribution in [3.8, 4) is 0 Å². The molecule has 25 heavy (non-hydrogen) atoms. The van der Waals surface area contributed by atoms with Crippen molar-refractivity contribution in [1.82, 2.24) is 0 Å². The highest BCUT2D eigenvalue weighted by Gasteiger charge is 2.48. The minimum atomic E-state index is -3.69. The Morgan fingerprint density at radius 2 is 1.68 bits per heavy atom. The molecular weight excluding hydrogens is 337 g/mol. The smallest absolute Gasteiger partial charge is 0.225 e. The number of hydrogen-bond acceptors (Lipinski definition) is 2. The van der Waals surface area contributed by atoms with Gasteiger partial charge < -0.3 is 0 Å². The van der Waals surface area contributed by atoms with Crippen LogP contribution in [0.25, 0.3) is 5.57 Å². The highest BCUT2D eigenvalue weighted by Crippen LogP contribution is 2.62. The van der Waals surface area contributed by atoms with E-state index >= 15 is 0 Å². The molecule has 0 radical (unpaired) electrons. The first-order valence-electron chi connectivity index (χ1n) is 8.45. The lowest BCUT2D eigenvalue weighted by Gasteiger charge is -2.09. The Bertz CT molecular complexity index is 946. The first-order chi connectivity index (χ1) is 11.9. The molecule has 3 aliphatic carbocycles. The lowest BCUT2D eigenvalue weighted by Crippen LogP contribution is -2.11. The summed E-state index contributed by atoms with van der Waals surface area (Å²) in [6.45, 7) is 0. The van der Waals surface area contributed by atoms with Gasteiger partial charge in [0.05, 0.1) is 4.90 Å². The third kappa shape index (κ3) is 3.26. The molecule has 2 N–H and O–H groups in total. The van der Waals surface area contributed by atoms with E-state index in [1.807, 2.05) is 30.4 Å². The number of sulfonamides is 1. The third-order valence-electron chi connectivity index (χ3n) is 5.36. The second kappa shape index (κ2) is 5.78. The summed E-state index contributed by atoms with van der Waals surface area (Å²) in [5.74, 6) is -0.134. The van der Waals surface area contributed by atoms with Crippen molar-refractivity contribution in [2.45, 2.75) is 37.0 Å². The van der Waals surface area contributed by atoms with Crippen molar-refractivity contribution >= 4 is 15.6 Å². The number of primary sulfonamides is 1. The molecule has 0 atom stereocenters. The summed E-state index contributed by atoms with van der Waals surface area (Å²) in [6.07, 6.45) is 12.0. The molecule has 1 saturated carbocycles. The molecule has 0 unspecified atom stereocenters. The van der Waals surface area contributed by atoms with E-state index in [2.05, 4.69) is 0 Å². The van der Waals surface area contributed by atoms with E-state index in [0.717, 1.165) is 24.0 Å². The maximum atomic E-state index is 13.5. The quantitative estimate of drug-likeness (QED) is 0.871. The van der Waals surface area contributed by atoms with Gasteiger partial charge in [-0.2, -0.15) is 0 Å². The van der Waals surface area contributed by atoms with Crippen molar-refractivity contribution in [3.05, 3.63) is 71.1 Å². The SMILES string of the molecule is NS(=O)(=O)c1ccc(C2=C(C3=CC=C(F)CC=C3)CC3(CC3)C2)cc1. The van der Waals surface area contributed by atoms with Gasteiger partial charge in [0.2, 0.25) is 10.0 Å². The molecule has 0 aromatic heterocycles. The number of rotatable bonds is 3. The third-order valence-corrected chi connectivity index (χ3v) is 6.29. The van der Waals surface area contributed by atoms with Gasteiger partial charge in [-0.15, -0.1) is 0 Å². The number of benzene rings is 1. The van der Waals surface area contributed by atoms with E-state index in [1.165, 1.54) is 24.0 Å². The zero-order valence-corrected chi connectivity index (χ0v) is 14.7. The molecule has 3 nitrogen and oxygen atoms in total. The Kier molecular flexibility index (Phi) is 3.81. The van der Waals surface area contributed by atoms with Crippen LogP contribution in [0.2, 0.25) is 0 Å². The average Bonchev–Trinajstić information content (AvgIpc) is 3.26. The fourth-order valence-corrected chi connectivity index (χ4v) is 4.27. The van der Waals surface area contributed by atoms with Crippen LogP contribution in [-0.4, -0.2) is 8.42 Å². The molecule has 4 rings (SSSR count). The predicted molar refractivity (Wildman–Crippen MR) is 96.7 cm³/mol. The van der Waals surface area contributed by atoms with Gasteiger partial charge in [-0.25, -0.2) is 17.9 Å². The number of halogens is 1. The second-order valence-electron chi connectivity index (χ2n) is 7.22. The fourth-order valence-electron chi connectivity index (χ4n) is 3.76. The number of hydrogen-bond donors (Lipinski definition) is 1. The van der Waals surface area contributed by atoms with Crippen molar-refractivity contribution in [2.24, 2.45) is 10.6 Å². The molecule has 5 heteroatoms. The van der Waals surface area contributed by atoms with Crippen LogP contribution >= 0.6 is 0 Å². The van der Waals surface area contributed by atoms with Crippen LogP contribution in [0.15, 0.2) is 70.4 Å². The summed E-state index contributed by atoms with van der Waals surface area (Å²) in [7, 11) is -3.69. The average molecular weight is 357 g/mol. The molecule has 1 fully saturated rings. The van der Waals surface area contributed by atoms with Crippen molar-refractivity contribution in [3.63, 3.8) is 0 Å². The Balaban J connectivity index is 1.76. The molecule has 0 amide bonds. The molecule has 0 saturated heterocycles. The molecule has 3 aliphatic rings. The largest absolute Gasteiger partial charge is 0.238 e. The maximum Gasteiger partial charge on any atom is 0.238 e. The van der Waals surface area contributed by atoms with Crippen molar-refractivity contribution < 1.29 is 12.8 Å². The molecule has 0 bridgehead atoms. The topological polar surface area (TPSA) is 60.2 Å². The Labute approximate surface area is 147 Å². The first kappa shape index (κ1) is 16.5. The van der Waals surface area contributed by atoms with Gasteiger partial charge >= 0.3 is 0 Å². The highest BCUT2D eigenvalue weighted by atomic mass is 32.2. The van der Waals surface area contributed by atoms with E-state index in [4.69, 9.17) is 5.14 Å². The lowest BCUT2D eigenvalue weighted by molar-refractivity contribution is 0.556. The fraction of sp³-hybridized carbons (Fsp3) is 0.300. The standard InChI is InChI=1S/C20H20FNO2S/c21-16-3-1-2-14(4-7-16)18-12-20(10-11-20)13-19(18)15-5-8-17(9-6-15)25(22,23)24/h1-2,4-9H,3,10-13H2,(H2,22,23,24). The van der Waals surface area contributed by atoms with Crippen LogP contribution in [0, 0.1) is 5.41 Å². The summed E-state index contributed by atoms with van der Waals surface area (Å²) >= 11 is 0. The summed E-state index contributed by atoms with van der Waals surface area (Å²) in [6, 6.07) is 6.77.